The van der Waals surface area contributed by atoms with Crippen LogP contribution in [0.1, 0.15) is 69.2 Å². The standard InChI is InChI=1S/C29H38FN5O3/c1-28(9-3-10-28)19-34-13-7-20(8-14-34)18-38-25-17-32-24(16-33-25)21-5-6-22(23(30)15-21)26(36)35-12-4-11-29(35,2)27(31)37/h5-6,15-17,20H,3-4,7-14,18-19H2,1-2H3,(H2,31,37). The maximum absolute atomic E-state index is 15.0. The second-order valence-electron chi connectivity index (χ2n) is 11.8. The van der Waals surface area contributed by atoms with E-state index in [0.29, 0.717) is 54.5 Å². The minimum Gasteiger partial charge on any atom is -0.476 e. The van der Waals surface area contributed by atoms with Crippen LogP contribution >= 0.6 is 0 Å². The van der Waals surface area contributed by atoms with Gasteiger partial charge in [-0.05, 0) is 82.0 Å². The minimum atomic E-state index is -1.10. The van der Waals surface area contributed by atoms with Gasteiger partial charge in [0.25, 0.3) is 5.91 Å². The molecule has 2 aromatic rings. The van der Waals surface area contributed by atoms with Crippen LogP contribution in [-0.2, 0) is 4.79 Å². The molecular weight excluding hydrogens is 485 g/mol. The second kappa shape index (κ2) is 10.6. The van der Waals surface area contributed by atoms with Crippen molar-refractivity contribution in [3.63, 3.8) is 0 Å². The third-order valence-corrected chi connectivity index (χ3v) is 8.88. The van der Waals surface area contributed by atoms with Gasteiger partial charge >= 0.3 is 0 Å². The minimum absolute atomic E-state index is 0.0936. The number of primary amides is 1. The molecule has 1 atom stereocenters. The van der Waals surface area contributed by atoms with Crippen LogP contribution < -0.4 is 10.5 Å². The SMILES string of the molecule is CC1(CN2CCC(COc3cnc(-c4ccc(C(=O)N5CCCC5(C)C(N)=O)c(F)c4)cn3)CC2)CCC1. The zero-order valence-electron chi connectivity index (χ0n) is 22.4. The van der Waals surface area contributed by atoms with Gasteiger partial charge in [0.2, 0.25) is 11.8 Å². The highest BCUT2D eigenvalue weighted by molar-refractivity contribution is 5.99. The van der Waals surface area contributed by atoms with Crippen LogP contribution in [0.15, 0.2) is 30.6 Å². The Morgan fingerprint density at radius 3 is 2.45 bits per heavy atom. The average molecular weight is 524 g/mol. The Bertz CT molecular complexity index is 1180. The molecule has 1 saturated carbocycles. The highest BCUT2D eigenvalue weighted by Crippen LogP contribution is 2.41. The number of carbonyl (C=O) groups excluding carboxylic acids is 2. The van der Waals surface area contributed by atoms with Gasteiger partial charge in [-0.25, -0.2) is 14.4 Å². The summed E-state index contributed by atoms with van der Waals surface area (Å²) in [5.74, 6) is -0.836. The van der Waals surface area contributed by atoms with Gasteiger partial charge in [0.05, 0.1) is 30.3 Å². The number of hydrogen-bond acceptors (Lipinski definition) is 6. The van der Waals surface area contributed by atoms with Crippen molar-refractivity contribution in [2.45, 2.75) is 64.3 Å². The topological polar surface area (TPSA) is 102 Å². The first kappa shape index (κ1) is 26.5. The number of hydrogen-bond donors (Lipinski definition) is 1. The van der Waals surface area contributed by atoms with Crippen molar-refractivity contribution in [2.24, 2.45) is 17.1 Å². The van der Waals surface area contributed by atoms with Crippen molar-refractivity contribution < 1.29 is 18.7 Å². The summed E-state index contributed by atoms with van der Waals surface area (Å²) in [5.41, 5.74) is 5.85. The lowest BCUT2D eigenvalue weighted by atomic mass is 9.70. The molecule has 5 rings (SSSR count). The zero-order valence-corrected chi connectivity index (χ0v) is 22.4. The van der Waals surface area contributed by atoms with E-state index in [1.165, 1.54) is 42.8 Å². The van der Waals surface area contributed by atoms with Gasteiger partial charge in [-0.15, -0.1) is 0 Å². The smallest absolute Gasteiger partial charge is 0.257 e. The van der Waals surface area contributed by atoms with E-state index < -0.39 is 23.2 Å². The first-order chi connectivity index (χ1) is 18.2. The van der Waals surface area contributed by atoms with Crippen LogP contribution in [0.4, 0.5) is 4.39 Å². The number of ether oxygens (including phenoxy) is 1. The normalized spacial score (nSPS) is 23.7. The van der Waals surface area contributed by atoms with Gasteiger partial charge in [-0.1, -0.05) is 19.4 Å². The zero-order chi connectivity index (χ0) is 26.9. The number of nitrogens with zero attached hydrogens (tertiary/aromatic N) is 4. The predicted octanol–water partition coefficient (Wildman–Crippen LogP) is 4.04. The van der Waals surface area contributed by atoms with Crippen molar-refractivity contribution in [1.29, 1.82) is 0 Å². The molecule has 1 aliphatic carbocycles. The van der Waals surface area contributed by atoms with Crippen LogP contribution in [0.5, 0.6) is 5.88 Å². The van der Waals surface area contributed by atoms with E-state index in [0.717, 1.165) is 25.9 Å². The number of carbonyl (C=O) groups is 2. The summed E-state index contributed by atoms with van der Waals surface area (Å²) < 4.78 is 20.9. The van der Waals surface area contributed by atoms with Gasteiger partial charge in [-0.2, -0.15) is 0 Å². The molecule has 8 nitrogen and oxygen atoms in total. The summed E-state index contributed by atoms with van der Waals surface area (Å²) in [6.45, 7) is 8.48. The van der Waals surface area contributed by atoms with Crippen molar-refractivity contribution in [3.8, 4) is 17.1 Å². The number of piperidine rings is 1. The Kier molecular flexibility index (Phi) is 7.40. The van der Waals surface area contributed by atoms with E-state index in [-0.39, 0.29) is 5.56 Å². The maximum Gasteiger partial charge on any atom is 0.257 e. The number of nitrogens with two attached hydrogens (primary N) is 1. The molecule has 0 radical (unpaired) electrons. The van der Waals surface area contributed by atoms with E-state index in [9.17, 15) is 9.59 Å². The summed E-state index contributed by atoms with van der Waals surface area (Å²) in [4.78, 5) is 37.7. The molecule has 2 aliphatic heterocycles. The quantitative estimate of drug-likeness (QED) is 0.560. The van der Waals surface area contributed by atoms with Crippen molar-refractivity contribution >= 4 is 11.8 Å². The molecule has 2 saturated heterocycles. The highest BCUT2D eigenvalue weighted by atomic mass is 19.1. The lowest BCUT2D eigenvalue weighted by molar-refractivity contribution is -0.126. The molecule has 1 unspecified atom stereocenters. The van der Waals surface area contributed by atoms with Crippen molar-refractivity contribution in [3.05, 3.63) is 42.0 Å². The summed E-state index contributed by atoms with van der Waals surface area (Å²) >= 11 is 0. The number of likely N-dealkylation sites (tertiary alicyclic amines) is 2. The van der Waals surface area contributed by atoms with Gasteiger partial charge in [-0.3, -0.25) is 9.59 Å². The molecule has 9 heteroatoms. The number of amides is 2. The number of rotatable bonds is 8. The molecule has 0 bridgehead atoms. The second-order valence-corrected chi connectivity index (χ2v) is 11.8. The molecule has 3 aliphatic rings. The average Bonchev–Trinajstić information content (AvgIpc) is 3.30. The largest absolute Gasteiger partial charge is 0.476 e. The molecule has 3 heterocycles. The van der Waals surface area contributed by atoms with Crippen LogP contribution in [0.25, 0.3) is 11.3 Å². The van der Waals surface area contributed by atoms with E-state index in [1.807, 2.05) is 0 Å². The van der Waals surface area contributed by atoms with Gasteiger partial charge in [0, 0.05) is 18.7 Å². The molecule has 1 aromatic carbocycles. The fourth-order valence-electron chi connectivity index (χ4n) is 6.07. The van der Waals surface area contributed by atoms with Crippen LogP contribution in [0.2, 0.25) is 0 Å². The third-order valence-electron chi connectivity index (χ3n) is 8.88. The summed E-state index contributed by atoms with van der Waals surface area (Å²) in [6, 6.07) is 4.33. The lowest BCUT2D eigenvalue weighted by Crippen LogP contribution is -2.54. The summed E-state index contributed by atoms with van der Waals surface area (Å²) in [7, 11) is 0. The van der Waals surface area contributed by atoms with Crippen LogP contribution in [0, 0.1) is 17.2 Å². The Morgan fingerprint density at radius 1 is 1.08 bits per heavy atom. The van der Waals surface area contributed by atoms with E-state index in [2.05, 4.69) is 21.8 Å². The Morgan fingerprint density at radius 2 is 1.84 bits per heavy atom. The Labute approximate surface area is 223 Å². The number of benzene rings is 1. The fourth-order valence-corrected chi connectivity index (χ4v) is 6.07. The van der Waals surface area contributed by atoms with Gasteiger partial charge in [0.1, 0.15) is 11.4 Å². The molecule has 38 heavy (non-hydrogen) atoms. The molecule has 3 fully saturated rings. The fraction of sp³-hybridized carbons (Fsp3) is 0.586. The van der Waals surface area contributed by atoms with E-state index in [4.69, 9.17) is 10.5 Å². The lowest BCUT2D eigenvalue weighted by Gasteiger charge is -2.44. The highest BCUT2D eigenvalue weighted by Gasteiger charge is 2.45. The van der Waals surface area contributed by atoms with E-state index in [1.54, 1.807) is 25.4 Å². The first-order valence-electron chi connectivity index (χ1n) is 13.8. The maximum atomic E-state index is 15.0. The Balaban J connectivity index is 1.15. The predicted molar refractivity (Wildman–Crippen MR) is 142 cm³/mol. The number of halogens is 1. The Hall–Kier alpha value is -3.07. The molecule has 2 N–H and O–H groups in total. The molecule has 1 aromatic heterocycles. The number of aromatic nitrogens is 2. The third kappa shape index (κ3) is 5.39. The monoisotopic (exact) mass is 523 g/mol. The summed E-state index contributed by atoms with van der Waals surface area (Å²) in [6.07, 6.45) is 10.6. The van der Waals surface area contributed by atoms with Gasteiger partial charge in [0.15, 0.2) is 0 Å². The van der Waals surface area contributed by atoms with Crippen molar-refractivity contribution in [2.75, 3.05) is 32.8 Å². The molecule has 0 spiro atoms. The molecule has 204 valence electrons. The van der Waals surface area contributed by atoms with Gasteiger partial charge < -0.3 is 20.3 Å². The summed E-state index contributed by atoms with van der Waals surface area (Å²) in [5, 5.41) is 0. The van der Waals surface area contributed by atoms with Crippen LogP contribution in [0.3, 0.4) is 0 Å². The molecule has 2 amide bonds. The molecular formula is C29H38FN5O3. The van der Waals surface area contributed by atoms with Crippen LogP contribution in [-0.4, -0.2) is 69.9 Å². The van der Waals surface area contributed by atoms with Crippen molar-refractivity contribution in [1.82, 2.24) is 19.8 Å². The first-order valence-corrected chi connectivity index (χ1v) is 13.8. The van der Waals surface area contributed by atoms with E-state index >= 15 is 4.39 Å².